The van der Waals surface area contributed by atoms with Crippen LogP contribution in [0.4, 0.5) is 5.82 Å². The monoisotopic (exact) mass is 436 g/mol. The molecule has 162 valence electrons. The van der Waals surface area contributed by atoms with Crippen molar-refractivity contribution in [3.05, 3.63) is 41.9 Å². The lowest BCUT2D eigenvalue weighted by Gasteiger charge is -2.33. The van der Waals surface area contributed by atoms with Crippen LogP contribution in [0.5, 0.6) is 5.75 Å². The fourth-order valence-electron chi connectivity index (χ4n) is 4.47. The third kappa shape index (κ3) is 3.64. The Balaban J connectivity index is 1.58. The molecule has 1 saturated heterocycles. The highest BCUT2D eigenvalue weighted by atomic mass is 32.1. The van der Waals surface area contributed by atoms with E-state index in [2.05, 4.69) is 58.0 Å². The second-order valence-electron chi connectivity index (χ2n) is 8.16. The first kappa shape index (κ1) is 20.2. The second kappa shape index (κ2) is 8.11. The molecule has 0 aliphatic carbocycles. The maximum absolute atomic E-state index is 6.34. The number of piperazine rings is 1. The molecule has 3 aromatic heterocycles. The minimum absolute atomic E-state index is 0.507. The molecule has 1 fully saturated rings. The number of aryl methyl sites for hydroxylation is 1. The Morgan fingerprint density at radius 2 is 1.87 bits per heavy atom. The van der Waals surface area contributed by atoms with Gasteiger partial charge in [0.1, 0.15) is 17.6 Å². The van der Waals surface area contributed by atoms with Gasteiger partial charge in [-0.05, 0) is 42.6 Å². The van der Waals surface area contributed by atoms with Crippen molar-refractivity contribution in [3.8, 4) is 16.2 Å². The number of hydrogen-bond donors (Lipinski definition) is 1. The lowest BCUT2D eigenvalue weighted by Crippen LogP contribution is -2.45. The van der Waals surface area contributed by atoms with Crippen LogP contribution in [-0.4, -0.2) is 64.2 Å². The number of likely N-dealkylation sites (N-methyl/N-ethyl adjacent to an activating group) is 1. The van der Waals surface area contributed by atoms with Crippen molar-refractivity contribution in [3.63, 3.8) is 0 Å². The zero-order valence-electron chi connectivity index (χ0n) is 18.3. The Labute approximate surface area is 186 Å². The van der Waals surface area contributed by atoms with E-state index < -0.39 is 0 Å². The minimum Gasteiger partial charge on any atom is -0.495 e. The number of nitrogens with zero attached hydrogens (tertiary/aromatic N) is 5. The predicted molar refractivity (Wildman–Crippen MR) is 127 cm³/mol. The van der Waals surface area contributed by atoms with Crippen LogP contribution in [0.1, 0.15) is 18.2 Å². The molecule has 8 heteroatoms. The van der Waals surface area contributed by atoms with Gasteiger partial charge in [-0.1, -0.05) is 13.0 Å². The first-order chi connectivity index (χ1) is 15.1. The Morgan fingerprint density at radius 1 is 1.10 bits per heavy atom. The third-order valence-corrected chi connectivity index (χ3v) is 7.36. The summed E-state index contributed by atoms with van der Waals surface area (Å²) in [5.41, 5.74) is 10.6. The molecule has 0 saturated carbocycles. The van der Waals surface area contributed by atoms with E-state index in [4.69, 9.17) is 10.5 Å². The third-order valence-electron chi connectivity index (χ3n) is 6.17. The average molecular weight is 437 g/mol. The largest absolute Gasteiger partial charge is 0.495 e. The highest BCUT2D eigenvalue weighted by Crippen LogP contribution is 2.42. The summed E-state index contributed by atoms with van der Waals surface area (Å²) >= 11 is 1.73. The Hall–Kier alpha value is -2.68. The van der Waals surface area contributed by atoms with Gasteiger partial charge < -0.3 is 15.4 Å². The summed E-state index contributed by atoms with van der Waals surface area (Å²) in [5, 5.41) is 5.74. The van der Waals surface area contributed by atoms with E-state index in [-0.39, 0.29) is 0 Å². The van der Waals surface area contributed by atoms with Crippen LogP contribution < -0.4 is 10.5 Å². The number of rotatable bonds is 5. The van der Waals surface area contributed by atoms with Gasteiger partial charge in [0, 0.05) is 43.2 Å². The topological polar surface area (TPSA) is 71.9 Å². The van der Waals surface area contributed by atoms with E-state index in [1.807, 2.05) is 4.52 Å². The molecule has 0 unspecified atom stereocenters. The van der Waals surface area contributed by atoms with E-state index in [1.54, 1.807) is 24.8 Å². The van der Waals surface area contributed by atoms with Gasteiger partial charge in [0.25, 0.3) is 0 Å². The van der Waals surface area contributed by atoms with Gasteiger partial charge in [-0.2, -0.15) is 5.10 Å². The highest BCUT2D eigenvalue weighted by Gasteiger charge is 2.21. The smallest absolute Gasteiger partial charge is 0.152 e. The molecule has 1 aliphatic rings. The number of nitrogen functional groups attached to an aromatic ring is 1. The molecule has 0 radical (unpaired) electrons. The summed E-state index contributed by atoms with van der Waals surface area (Å²) < 4.78 is 8.75. The summed E-state index contributed by atoms with van der Waals surface area (Å²) in [6.07, 6.45) is 1.54. The number of nitrogens with two attached hydrogens (primary N) is 1. The van der Waals surface area contributed by atoms with Gasteiger partial charge in [-0.3, -0.25) is 4.90 Å². The molecule has 7 nitrogen and oxygen atoms in total. The van der Waals surface area contributed by atoms with Crippen LogP contribution in [0.3, 0.4) is 0 Å². The van der Waals surface area contributed by atoms with Crippen molar-refractivity contribution in [1.29, 1.82) is 0 Å². The van der Waals surface area contributed by atoms with Gasteiger partial charge in [0.2, 0.25) is 0 Å². The highest BCUT2D eigenvalue weighted by molar-refractivity contribution is 7.22. The zero-order chi connectivity index (χ0) is 21.5. The quantitative estimate of drug-likeness (QED) is 0.515. The SMILES string of the molecule is CCN1CCN(Cc2cc(-c3cc4cc(C)cc(OC)c4s3)c3c(N)ncnn23)CC1. The second-order valence-corrected chi connectivity index (χ2v) is 9.21. The number of fused-ring (bicyclic) bond motifs is 2. The van der Waals surface area contributed by atoms with E-state index in [9.17, 15) is 0 Å². The van der Waals surface area contributed by atoms with Crippen molar-refractivity contribution in [2.24, 2.45) is 0 Å². The Kier molecular flexibility index (Phi) is 5.29. The molecule has 5 rings (SSSR count). The van der Waals surface area contributed by atoms with Gasteiger partial charge in [-0.15, -0.1) is 11.3 Å². The molecule has 1 aromatic carbocycles. The van der Waals surface area contributed by atoms with Gasteiger partial charge in [0.05, 0.1) is 17.5 Å². The number of ether oxygens (including phenoxy) is 1. The maximum atomic E-state index is 6.34. The van der Waals surface area contributed by atoms with Gasteiger partial charge in [0.15, 0.2) is 5.82 Å². The fourth-order valence-corrected chi connectivity index (χ4v) is 5.62. The van der Waals surface area contributed by atoms with Crippen LogP contribution in [-0.2, 0) is 6.54 Å². The normalized spacial score (nSPS) is 15.8. The minimum atomic E-state index is 0.507. The first-order valence-electron chi connectivity index (χ1n) is 10.7. The molecule has 1 aliphatic heterocycles. The van der Waals surface area contributed by atoms with Crippen molar-refractivity contribution in [2.45, 2.75) is 20.4 Å². The summed E-state index contributed by atoms with van der Waals surface area (Å²) in [6.45, 7) is 10.6. The Morgan fingerprint density at radius 3 is 2.61 bits per heavy atom. The van der Waals surface area contributed by atoms with Crippen LogP contribution in [0.2, 0.25) is 0 Å². The van der Waals surface area contributed by atoms with E-state index in [0.29, 0.717) is 5.82 Å². The average Bonchev–Trinajstić information content (AvgIpc) is 3.36. The van der Waals surface area contributed by atoms with Crippen LogP contribution in [0.15, 0.2) is 30.6 Å². The van der Waals surface area contributed by atoms with Crippen LogP contribution >= 0.6 is 11.3 Å². The molecule has 0 amide bonds. The summed E-state index contributed by atoms with van der Waals surface area (Å²) in [6, 6.07) is 8.74. The number of hydrogen-bond acceptors (Lipinski definition) is 7. The molecule has 2 N–H and O–H groups in total. The van der Waals surface area contributed by atoms with Crippen LogP contribution in [0.25, 0.3) is 26.0 Å². The molecular weight excluding hydrogens is 408 g/mol. The van der Waals surface area contributed by atoms with E-state index in [0.717, 1.165) is 71.4 Å². The molecule has 0 bridgehead atoms. The predicted octanol–water partition coefficient (Wildman–Crippen LogP) is 3.65. The summed E-state index contributed by atoms with van der Waals surface area (Å²) in [4.78, 5) is 10.4. The summed E-state index contributed by atoms with van der Waals surface area (Å²) in [5.74, 6) is 1.42. The standard InChI is InChI=1S/C23H28N6OS/c1-4-27-5-7-28(8-6-27)13-17-12-18(21-23(24)25-14-26-29(17)21)20-11-16-9-15(2)10-19(30-3)22(16)31-20/h9-12,14H,4-8,13H2,1-3H3,(H2,24,25,26). The fraction of sp³-hybridized carbons (Fsp3) is 0.391. The number of aromatic nitrogens is 3. The lowest BCUT2D eigenvalue weighted by molar-refractivity contribution is 0.130. The van der Waals surface area contributed by atoms with Gasteiger partial charge >= 0.3 is 0 Å². The van der Waals surface area contributed by atoms with Crippen molar-refractivity contribution < 1.29 is 4.74 Å². The number of methoxy groups -OCH3 is 1. The first-order valence-corrected chi connectivity index (χ1v) is 11.5. The van der Waals surface area contributed by atoms with Crippen molar-refractivity contribution >= 4 is 32.8 Å². The van der Waals surface area contributed by atoms with Crippen LogP contribution in [0, 0.1) is 6.92 Å². The lowest BCUT2D eigenvalue weighted by atomic mass is 10.1. The molecule has 31 heavy (non-hydrogen) atoms. The number of benzene rings is 1. The molecule has 0 atom stereocenters. The molecule has 4 heterocycles. The van der Waals surface area contributed by atoms with Crippen molar-refractivity contribution in [2.75, 3.05) is 45.6 Å². The van der Waals surface area contributed by atoms with Gasteiger partial charge in [-0.25, -0.2) is 9.50 Å². The zero-order valence-corrected chi connectivity index (χ0v) is 19.1. The number of thiophene rings is 1. The maximum Gasteiger partial charge on any atom is 0.152 e. The van der Waals surface area contributed by atoms with E-state index >= 15 is 0 Å². The van der Waals surface area contributed by atoms with Crippen molar-refractivity contribution in [1.82, 2.24) is 24.4 Å². The Bertz CT molecular complexity index is 1240. The van der Waals surface area contributed by atoms with E-state index in [1.165, 1.54) is 10.9 Å². The molecule has 4 aromatic rings. The molecule has 0 spiro atoms. The summed E-state index contributed by atoms with van der Waals surface area (Å²) in [7, 11) is 1.73. The number of anilines is 1. The molecular formula is C23H28N6OS.